The van der Waals surface area contributed by atoms with Crippen molar-refractivity contribution in [3.63, 3.8) is 0 Å². The molecule has 0 fully saturated rings. The van der Waals surface area contributed by atoms with Gasteiger partial charge in [-0.25, -0.2) is 0 Å². The van der Waals surface area contributed by atoms with Gasteiger partial charge in [0.15, 0.2) is 0 Å². The molecule has 1 rings (SSSR count). The summed E-state index contributed by atoms with van der Waals surface area (Å²) in [5.41, 5.74) is 0. The predicted molar refractivity (Wildman–Crippen MR) is 59.9 cm³/mol. The average Bonchev–Trinajstić information content (AvgIpc) is 2.64. The van der Waals surface area contributed by atoms with Gasteiger partial charge in [-0.2, -0.15) is 18.2 Å². The van der Waals surface area contributed by atoms with Crippen LogP contribution in [0.5, 0.6) is 0 Å². The Hall–Kier alpha value is -1.11. The van der Waals surface area contributed by atoms with Gasteiger partial charge in [-0.15, -0.1) is 0 Å². The third-order valence-corrected chi connectivity index (χ3v) is 2.39. The number of alkyl halides is 3. The summed E-state index contributed by atoms with van der Waals surface area (Å²) in [5.74, 6) is -0.745. The molecule has 18 heavy (non-hydrogen) atoms. The minimum absolute atomic E-state index is 0.0222. The minimum Gasteiger partial charge on any atom is -0.339 e. The lowest BCUT2D eigenvalue weighted by molar-refractivity contribution is -0.146. The zero-order valence-corrected chi connectivity index (χ0v) is 10.7. The maximum Gasteiger partial charge on any atom is 0.455 e. The minimum atomic E-state index is -4.55. The SMILES string of the molecule is CCNC(Cc1nc(C(F)(F)F)no1)CC(C)C. The van der Waals surface area contributed by atoms with Crippen molar-refractivity contribution in [3.8, 4) is 0 Å². The fourth-order valence-electron chi connectivity index (χ4n) is 1.76. The van der Waals surface area contributed by atoms with E-state index < -0.39 is 12.0 Å². The van der Waals surface area contributed by atoms with Gasteiger partial charge in [-0.05, 0) is 18.9 Å². The van der Waals surface area contributed by atoms with Gasteiger partial charge in [0.05, 0.1) is 0 Å². The largest absolute Gasteiger partial charge is 0.455 e. The zero-order chi connectivity index (χ0) is 13.8. The van der Waals surface area contributed by atoms with E-state index in [9.17, 15) is 13.2 Å². The van der Waals surface area contributed by atoms with Crippen molar-refractivity contribution in [2.45, 2.75) is 45.8 Å². The molecule has 0 aromatic carbocycles. The van der Waals surface area contributed by atoms with Gasteiger partial charge >= 0.3 is 6.18 Å². The number of likely N-dealkylation sites (N-methyl/N-ethyl adjacent to an activating group) is 1. The van der Waals surface area contributed by atoms with Crippen molar-refractivity contribution >= 4 is 0 Å². The highest BCUT2D eigenvalue weighted by atomic mass is 19.4. The third kappa shape index (κ3) is 4.64. The van der Waals surface area contributed by atoms with E-state index in [4.69, 9.17) is 0 Å². The first kappa shape index (κ1) is 14.9. The second-order valence-electron chi connectivity index (χ2n) is 4.60. The summed E-state index contributed by atoms with van der Waals surface area (Å²) in [6.45, 7) is 6.80. The molecule has 1 aromatic rings. The highest BCUT2D eigenvalue weighted by molar-refractivity contribution is 4.93. The Morgan fingerprint density at radius 2 is 2.00 bits per heavy atom. The summed E-state index contributed by atoms with van der Waals surface area (Å²) >= 11 is 0. The number of halogens is 3. The van der Waals surface area contributed by atoms with Gasteiger partial charge in [0.2, 0.25) is 5.89 Å². The normalized spacial score (nSPS) is 14.2. The molecular weight excluding hydrogens is 247 g/mol. The molecule has 7 heteroatoms. The van der Waals surface area contributed by atoms with E-state index in [1.165, 1.54) is 0 Å². The number of hydrogen-bond donors (Lipinski definition) is 1. The average molecular weight is 265 g/mol. The van der Waals surface area contributed by atoms with Gasteiger partial charge < -0.3 is 9.84 Å². The van der Waals surface area contributed by atoms with E-state index in [1.807, 2.05) is 6.92 Å². The molecule has 1 heterocycles. The molecule has 0 aliphatic carbocycles. The summed E-state index contributed by atoms with van der Waals surface area (Å²) in [6, 6.07) is 0.0523. The lowest BCUT2D eigenvalue weighted by Crippen LogP contribution is -2.32. The molecule has 0 saturated carbocycles. The molecule has 104 valence electrons. The summed E-state index contributed by atoms with van der Waals surface area (Å²) in [6.07, 6.45) is -3.39. The summed E-state index contributed by atoms with van der Waals surface area (Å²) in [7, 11) is 0. The molecule has 1 unspecified atom stereocenters. The first-order chi connectivity index (χ1) is 8.32. The van der Waals surface area contributed by atoms with Crippen molar-refractivity contribution in [2.24, 2.45) is 5.92 Å². The van der Waals surface area contributed by atoms with Gasteiger partial charge in [-0.1, -0.05) is 25.9 Å². The molecule has 0 amide bonds. The Morgan fingerprint density at radius 1 is 1.33 bits per heavy atom. The van der Waals surface area contributed by atoms with Crippen LogP contribution in [-0.4, -0.2) is 22.7 Å². The maximum absolute atomic E-state index is 12.3. The van der Waals surface area contributed by atoms with Crippen molar-refractivity contribution < 1.29 is 17.7 Å². The molecule has 4 nitrogen and oxygen atoms in total. The highest BCUT2D eigenvalue weighted by Crippen LogP contribution is 2.26. The molecule has 0 aliphatic rings. The molecular formula is C11H18F3N3O. The number of nitrogens with zero attached hydrogens (tertiary/aromatic N) is 2. The molecule has 0 aliphatic heterocycles. The molecule has 0 spiro atoms. The van der Waals surface area contributed by atoms with Crippen molar-refractivity contribution in [3.05, 3.63) is 11.7 Å². The van der Waals surface area contributed by atoms with Crippen LogP contribution >= 0.6 is 0 Å². The van der Waals surface area contributed by atoms with E-state index in [2.05, 4.69) is 33.8 Å². The molecule has 0 bridgehead atoms. The first-order valence-corrected chi connectivity index (χ1v) is 5.96. The van der Waals surface area contributed by atoms with Crippen LogP contribution in [-0.2, 0) is 12.6 Å². The van der Waals surface area contributed by atoms with E-state index in [1.54, 1.807) is 0 Å². The number of rotatable bonds is 6. The van der Waals surface area contributed by atoms with Crippen LogP contribution in [0.15, 0.2) is 4.52 Å². The van der Waals surface area contributed by atoms with Crippen LogP contribution in [0, 0.1) is 5.92 Å². The highest BCUT2D eigenvalue weighted by Gasteiger charge is 2.37. The van der Waals surface area contributed by atoms with Gasteiger partial charge in [0.25, 0.3) is 5.82 Å². The number of aromatic nitrogens is 2. The summed E-state index contributed by atoms with van der Waals surface area (Å²) in [4.78, 5) is 3.37. The van der Waals surface area contributed by atoms with Crippen LogP contribution in [0.2, 0.25) is 0 Å². The topological polar surface area (TPSA) is 51.0 Å². The molecule has 0 radical (unpaired) electrons. The third-order valence-electron chi connectivity index (χ3n) is 2.39. The van der Waals surface area contributed by atoms with Crippen LogP contribution in [0.1, 0.15) is 38.9 Å². The number of hydrogen-bond acceptors (Lipinski definition) is 4. The maximum atomic E-state index is 12.3. The Kier molecular flexibility index (Phi) is 5.13. The Morgan fingerprint density at radius 3 is 2.44 bits per heavy atom. The standard InChI is InChI=1S/C11H18F3N3O/c1-4-15-8(5-7(2)3)6-9-16-10(17-18-9)11(12,13)14/h7-8,15H,4-6H2,1-3H3. The first-order valence-electron chi connectivity index (χ1n) is 5.96. The van der Waals surface area contributed by atoms with Crippen molar-refractivity contribution in [2.75, 3.05) is 6.54 Å². The van der Waals surface area contributed by atoms with Crippen LogP contribution < -0.4 is 5.32 Å². The molecule has 0 saturated heterocycles. The molecule has 1 N–H and O–H groups in total. The Labute approximate surface area is 104 Å². The van der Waals surface area contributed by atoms with E-state index in [0.29, 0.717) is 12.3 Å². The lowest BCUT2D eigenvalue weighted by Gasteiger charge is -2.17. The predicted octanol–water partition coefficient (Wildman–Crippen LogP) is 2.66. The van der Waals surface area contributed by atoms with Crippen LogP contribution in [0.4, 0.5) is 13.2 Å². The van der Waals surface area contributed by atoms with E-state index in [-0.39, 0.29) is 11.9 Å². The van der Waals surface area contributed by atoms with E-state index >= 15 is 0 Å². The monoisotopic (exact) mass is 265 g/mol. The molecule has 1 aromatic heterocycles. The van der Waals surface area contributed by atoms with E-state index in [0.717, 1.165) is 13.0 Å². The zero-order valence-electron chi connectivity index (χ0n) is 10.7. The molecule has 1 atom stereocenters. The number of nitrogens with one attached hydrogen (secondary N) is 1. The second kappa shape index (κ2) is 6.17. The van der Waals surface area contributed by atoms with Crippen molar-refractivity contribution in [1.82, 2.24) is 15.5 Å². The second-order valence-corrected chi connectivity index (χ2v) is 4.60. The van der Waals surface area contributed by atoms with Crippen LogP contribution in [0.3, 0.4) is 0 Å². The Bertz CT molecular complexity index is 363. The van der Waals surface area contributed by atoms with Gasteiger partial charge in [0, 0.05) is 12.5 Å². The quantitative estimate of drug-likeness (QED) is 0.859. The smallest absolute Gasteiger partial charge is 0.339 e. The summed E-state index contributed by atoms with van der Waals surface area (Å²) < 4.78 is 41.5. The lowest BCUT2D eigenvalue weighted by atomic mass is 10.0. The fraction of sp³-hybridized carbons (Fsp3) is 0.818. The van der Waals surface area contributed by atoms with Gasteiger partial charge in [0.1, 0.15) is 0 Å². The summed E-state index contributed by atoms with van der Waals surface area (Å²) in [5, 5.41) is 6.14. The fourth-order valence-corrected chi connectivity index (χ4v) is 1.76. The van der Waals surface area contributed by atoms with Crippen LogP contribution in [0.25, 0.3) is 0 Å². The Balaban J connectivity index is 2.66. The van der Waals surface area contributed by atoms with Gasteiger partial charge in [-0.3, -0.25) is 0 Å². The van der Waals surface area contributed by atoms with Crippen molar-refractivity contribution in [1.29, 1.82) is 0 Å².